The number of anilines is 1. The molecule has 0 aliphatic carbocycles. The van der Waals surface area contributed by atoms with Gasteiger partial charge in [0.2, 0.25) is 0 Å². The highest BCUT2D eigenvalue weighted by Crippen LogP contribution is 2.32. The molecule has 0 amide bonds. The van der Waals surface area contributed by atoms with Crippen LogP contribution in [0.2, 0.25) is 0 Å². The van der Waals surface area contributed by atoms with Gasteiger partial charge in [0, 0.05) is 12.1 Å². The summed E-state index contributed by atoms with van der Waals surface area (Å²) in [5, 5.41) is 0.717. The van der Waals surface area contributed by atoms with E-state index in [1.165, 1.54) is 0 Å². The number of nitrogen functional groups attached to an aromatic ring is 1. The van der Waals surface area contributed by atoms with Crippen molar-refractivity contribution in [3.05, 3.63) is 18.0 Å². The van der Waals surface area contributed by atoms with E-state index in [9.17, 15) is 0 Å². The highest BCUT2D eigenvalue weighted by Gasteiger charge is 2.11. The van der Waals surface area contributed by atoms with Crippen LogP contribution in [0.5, 0.6) is 11.5 Å². The monoisotopic (exact) mass is 219 g/mol. The van der Waals surface area contributed by atoms with Crippen LogP contribution in [0.4, 0.5) is 5.82 Å². The lowest BCUT2D eigenvalue weighted by molar-refractivity contribution is 0.398. The van der Waals surface area contributed by atoms with E-state index in [1.807, 2.05) is 6.07 Å². The number of hydrogen-bond acceptors (Lipinski definition) is 5. The Kier molecular flexibility index (Phi) is 2.52. The van der Waals surface area contributed by atoms with Gasteiger partial charge in [-0.05, 0) is 6.92 Å². The molecule has 0 aliphatic rings. The number of aromatic nitrogens is 2. The van der Waals surface area contributed by atoms with Crippen molar-refractivity contribution in [2.24, 2.45) is 0 Å². The van der Waals surface area contributed by atoms with Crippen molar-refractivity contribution in [2.45, 2.75) is 6.92 Å². The second-order valence-electron chi connectivity index (χ2n) is 3.38. The third kappa shape index (κ3) is 1.60. The van der Waals surface area contributed by atoms with Gasteiger partial charge in [-0.3, -0.25) is 0 Å². The maximum Gasteiger partial charge on any atom is 0.138 e. The quantitative estimate of drug-likeness (QED) is 0.829. The number of methoxy groups -OCH3 is 2. The Bertz CT molecular complexity index is 540. The fourth-order valence-electron chi connectivity index (χ4n) is 1.63. The number of benzene rings is 1. The van der Waals surface area contributed by atoms with Gasteiger partial charge in [-0.15, -0.1) is 0 Å². The first-order valence-corrected chi connectivity index (χ1v) is 4.81. The van der Waals surface area contributed by atoms with E-state index in [4.69, 9.17) is 15.2 Å². The molecule has 0 aliphatic heterocycles. The minimum atomic E-state index is 0.419. The van der Waals surface area contributed by atoms with E-state index < -0.39 is 0 Å². The zero-order chi connectivity index (χ0) is 11.7. The second-order valence-corrected chi connectivity index (χ2v) is 3.38. The number of ether oxygens (including phenoxy) is 2. The van der Waals surface area contributed by atoms with Crippen molar-refractivity contribution < 1.29 is 9.47 Å². The van der Waals surface area contributed by atoms with Gasteiger partial charge in [0.1, 0.15) is 23.1 Å². The molecule has 0 radical (unpaired) electrons. The molecule has 1 heterocycles. The molecular formula is C11H13N3O2. The summed E-state index contributed by atoms with van der Waals surface area (Å²) in [5.41, 5.74) is 6.58. The number of rotatable bonds is 2. The Labute approximate surface area is 93.2 Å². The fraction of sp³-hybridized carbons (Fsp3) is 0.273. The SMILES string of the molecule is COc1cc(OC)c2c(N)nc(C)nc2c1. The van der Waals surface area contributed by atoms with Crippen LogP contribution >= 0.6 is 0 Å². The summed E-state index contributed by atoms with van der Waals surface area (Å²) in [6.45, 7) is 1.79. The van der Waals surface area contributed by atoms with Gasteiger partial charge in [-0.25, -0.2) is 9.97 Å². The topological polar surface area (TPSA) is 70.3 Å². The third-order valence-electron chi connectivity index (χ3n) is 2.33. The summed E-state index contributed by atoms with van der Waals surface area (Å²) >= 11 is 0. The molecule has 2 rings (SSSR count). The van der Waals surface area contributed by atoms with Crippen LogP contribution in [-0.2, 0) is 0 Å². The van der Waals surface area contributed by atoms with E-state index in [0.29, 0.717) is 28.5 Å². The Hall–Kier alpha value is -2.04. The zero-order valence-corrected chi connectivity index (χ0v) is 9.44. The van der Waals surface area contributed by atoms with Crippen molar-refractivity contribution in [3.8, 4) is 11.5 Å². The summed E-state index contributed by atoms with van der Waals surface area (Å²) in [4.78, 5) is 8.41. The number of hydrogen-bond donors (Lipinski definition) is 1. The zero-order valence-electron chi connectivity index (χ0n) is 9.44. The molecule has 0 atom stereocenters. The van der Waals surface area contributed by atoms with Gasteiger partial charge in [0.25, 0.3) is 0 Å². The average Bonchev–Trinajstić information content (AvgIpc) is 2.26. The molecule has 0 saturated heterocycles. The van der Waals surface area contributed by atoms with Crippen LogP contribution in [-0.4, -0.2) is 24.2 Å². The Morgan fingerprint density at radius 3 is 2.50 bits per heavy atom. The molecule has 2 N–H and O–H groups in total. The molecule has 1 aromatic heterocycles. The summed E-state index contributed by atoms with van der Waals surface area (Å²) in [6, 6.07) is 3.57. The highest BCUT2D eigenvalue weighted by molar-refractivity contribution is 5.94. The predicted molar refractivity (Wildman–Crippen MR) is 61.8 cm³/mol. The maximum absolute atomic E-state index is 5.85. The molecule has 5 nitrogen and oxygen atoms in total. The van der Waals surface area contributed by atoms with Crippen LogP contribution in [0.1, 0.15) is 5.82 Å². The standard InChI is InChI=1S/C11H13N3O2/c1-6-13-8-4-7(15-2)5-9(16-3)10(8)11(12)14-6/h4-5H,1-3H3,(H2,12,13,14). The summed E-state index contributed by atoms with van der Waals surface area (Å²) in [7, 11) is 3.17. The van der Waals surface area contributed by atoms with Gasteiger partial charge < -0.3 is 15.2 Å². The van der Waals surface area contributed by atoms with Gasteiger partial charge in [0.15, 0.2) is 0 Å². The largest absolute Gasteiger partial charge is 0.497 e. The fourth-order valence-corrected chi connectivity index (χ4v) is 1.63. The molecule has 84 valence electrons. The number of fused-ring (bicyclic) bond motifs is 1. The second kappa shape index (κ2) is 3.84. The normalized spacial score (nSPS) is 10.4. The van der Waals surface area contributed by atoms with Crippen molar-refractivity contribution in [1.82, 2.24) is 9.97 Å². The van der Waals surface area contributed by atoms with Gasteiger partial charge in [-0.1, -0.05) is 0 Å². The lowest BCUT2D eigenvalue weighted by Gasteiger charge is -2.10. The van der Waals surface area contributed by atoms with E-state index in [1.54, 1.807) is 27.2 Å². The molecule has 16 heavy (non-hydrogen) atoms. The Morgan fingerprint density at radius 2 is 1.88 bits per heavy atom. The lowest BCUT2D eigenvalue weighted by Crippen LogP contribution is -1.99. The van der Waals surface area contributed by atoms with E-state index in [0.717, 1.165) is 5.52 Å². The highest BCUT2D eigenvalue weighted by atomic mass is 16.5. The van der Waals surface area contributed by atoms with Gasteiger partial charge >= 0.3 is 0 Å². The number of aryl methyl sites for hydroxylation is 1. The summed E-state index contributed by atoms with van der Waals surface area (Å²) in [6.07, 6.45) is 0. The van der Waals surface area contributed by atoms with E-state index in [2.05, 4.69) is 9.97 Å². The van der Waals surface area contributed by atoms with Crippen molar-refractivity contribution in [1.29, 1.82) is 0 Å². The smallest absolute Gasteiger partial charge is 0.138 e. The molecule has 0 bridgehead atoms. The molecule has 0 spiro atoms. The van der Waals surface area contributed by atoms with Crippen LogP contribution in [0.3, 0.4) is 0 Å². The van der Waals surface area contributed by atoms with Crippen molar-refractivity contribution in [3.63, 3.8) is 0 Å². The molecule has 0 saturated carbocycles. The molecular weight excluding hydrogens is 206 g/mol. The maximum atomic E-state index is 5.85. The number of nitrogens with zero attached hydrogens (tertiary/aromatic N) is 2. The van der Waals surface area contributed by atoms with Crippen molar-refractivity contribution >= 4 is 16.7 Å². The van der Waals surface area contributed by atoms with Crippen LogP contribution in [0.25, 0.3) is 10.9 Å². The number of nitrogens with two attached hydrogens (primary N) is 1. The third-order valence-corrected chi connectivity index (χ3v) is 2.33. The van der Waals surface area contributed by atoms with E-state index >= 15 is 0 Å². The van der Waals surface area contributed by atoms with E-state index in [-0.39, 0.29) is 0 Å². The molecule has 1 aromatic carbocycles. The van der Waals surface area contributed by atoms with Crippen LogP contribution in [0, 0.1) is 6.92 Å². The van der Waals surface area contributed by atoms with Crippen molar-refractivity contribution in [2.75, 3.05) is 20.0 Å². The molecule has 0 fully saturated rings. The van der Waals surface area contributed by atoms with Gasteiger partial charge in [-0.2, -0.15) is 0 Å². The average molecular weight is 219 g/mol. The minimum Gasteiger partial charge on any atom is -0.497 e. The molecule has 0 unspecified atom stereocenters. The summed E-state index contributed by atoms with van der Waals surface area (Å²) in [5.74, 6) is 2.34. The van der Waals surface area contributed by atoms with Crippen LogP contribution < -0.4 is 15.2 Å². The molecule has 2 aromatic rings. The van der Waals surface area contributed by atoms with Gasteiger partial charge in [0.05, 0.1) is 25.1 Å². The first-order chi connectivity index (χ1) is 7.65. The summed E-state index contributed by atoms with van der Waals surface area (Å²) < 4.78 is 10.4. The predicted octanol–water partition coefficient (Wildman–Crippen LogP) is 1.54. The first-order valence-electron chi connectivity index (χ1n) is 4.81. The lowest BCUT2D eigenvalue weighted by atomic mass is 10.2. The Balaban J connectivity index is 2.83. The molecule has 5 heteroatoms. The van der Waals surface area contributed by atoms with Crippen LogP contribution in [0.15, 0.2) is 12.1 Å². The minimum absolute atomic E-state index is 0.419. The first kappa shape index (κ1) is 10.5. The Morgan fingerprint density at radius 1 is 1.12 bits per heavy atom.